The summed E-state index contributed by atoms with van der Waals surface area (Å²) in [7, 11) is 0. The number of hydrogen-bond donors (Lipinski definition) is 1. The summed E-state index contributed by atoms with van der Waals surface area (Å²) in [5.74, 6) is -0.598. The quantitative estimate of drug-likeness (QED) is 0.0378. The van der Waals surface area contributed by atoms with Crippen molar-refractivity contribution in [2.45, 2.75) is 264 Å². The number of allylic oxidation sites excluding steroid dienone is 6. The summed E-state index contributed by atoms with van der Waals surface area (Å²) in [6.45, 7) is 4.12. The Balaban J connectivity index is 3.46. The predicted octanol–water partition coefficient (Wildman–Crippen LogP) is 16.0. The first-order valence-corrected chi connectivity index (χ1v) is 24.5. The van der Waals surface area contributed by atoms with E-state index in [2.05, 4.69) is 50.3 Å². The van der Waals surface area contributed by atoms with Crippen LogP contribution in [0.1, 0.15) is 258 Å². The molecule has 1 unspecified atom stereocenters. The van der Waals surface area contributed by atoms with Crippen LogP contribution in [0.3, 0.4) is 0 Å². The first kappa shape index (κ1) is 54.1. The van der Waals surface area contributed by atoms with Crippen molar-refractivity contribution in [1.29, 1.82) is 0 Å². The Morgan fingerprint density at radius 2 is 0.714 bits per heavy atom. The number of carbonyl (C=O) groups excluding carboxylic acids is 2. The van der Waals surface area contributed by atoms with E-state index in [9.17, 15) is 14.7 Å². The Morgan fingerprint density at radius 1 is 0.411 bits per heavy atom. The topological polar surface area (TPSA) is 72.8 Å². The van der Waals surface area contributed by atoms with Crippen LogP contribution < -0.4 is 0 Å². The standard InChI is InChI=1S/C51H94O5/c1-3-5-7-9-11-13-15-17-19-20-21-22-23-24-25-26-27-28-29-30-32-33-35-37-39-41-43-45-50(53)55-48-49(47-52)56-51(54)46-44-42-40-38-36-34-31-18-16-14-12-10-8-6-4-2/h12,14,18,20-21,31,49,52H,3-11,13,15-17,19,22-30,32-48H2,1-2H3/b14-12-,21-20-,31-18-. The minimum absolute atomic E-state index is 0.0689. The summed E-state index contributed by atoms with van der Waals surface area (Å²) < 4.78 is 10.6. The summed E-state index contributed by atoms with van der Waals surface area (Å²) in [5.41, 5.74) is 0. The van der Waals surface area contributed by atoms with Crippen LogP contribution in [-0.4, -0.2) is 36.4 Å². The maximum absolute atomic E-state index is 12.2. The SMILES string of the molecule is CCCCC/C=C\C/C=C\CCCCCCCC(=O)OC(CO)COC(=O)CCCCCCCCCCCCCCCCC/C=C\CCCCCCCCCC. The second kappa shape index (κ2) is 47.5. The summed E-state index contributed by atoms with van der Waals surface area (Å²) in [6, 6.07) is 0. The molecule has 0 aromatic carbocycles. The highest BCUT2D eigenvalue weighted by Gasteiger charge is 2.16. The normalized spacial score (nSPS) is 12.4. The van der Waals surface area contributed by atoms with Crippen LogP contribution >= 0.6 is 0 Å². The molecule has 1 N–H and O–H groups in total. The van der Waals surface area contributed by atoms with Gasteiger partial charge in [0.05, 0.1) is 6.61 Å². The van der Waals surface area contributed by atoms with E-state index in [1.165, 1.54) is 180 Å². The molecule has 0 aromatic heterocycles. The van der Waals surface area contributed by atoms with Gasteiger partial charge in [0, 0.05) is 12.8 Å². The molecular weight excluding hydrogens is 693 g/mol. The van der Waals surface area contributed by atoms with E-state index in [1.54, 1.807) is 0 Å². The molecule has 0 saturated carbocycles. The largest absolute Gasteiger partial charge is 0.462 e. The molecule has 0 aliphatic carbocycles. The van der Waals surface area contributed by atoms with E-state index in [1.807, 2.05) is 0 Å². The molecule has 0 rings (SSSR count). The highest BCUT2D eigenvalue weighted by molar-refractivity contribution is 5.70. The van der Waals surface area contributed by atoms with Gasteiger partial charge >= 0.3 is 11.9 Å². The van der Waals surface area contributed by atoms with Crippen LogP contribution in [0.15, 0.2) is 36.5 Å². The van der Waals surface area contributed by atoms with Gasteiger partial charge in [0.1, 0.15) is 6.61 Å². The zero-order valence-electron chi connectivity index (χ0n) is 37.4. The molecule has 0 spiro atoms. The van der Waals surface area contributed by atoms with Crippen molar-refractivity contribution in [3.8, 4) is 0 Å². The Hall–Kier alpha value is -1.88. The predicted molar refractivity (Wildman–Crippen MR) is 242 cm³/mol. The van der Waals surface area contributed by atoms with Gasteiger partial charge in [-0.25, -0.2) is 0 Å². The summed E-state index contributed by atoms with van der Waals surface area (Å²) in [5, 5.41) is 9.59. The van der Waals surface area contributed by atoms with E-state index in [4.69, 9.17) is 9.47 Å². The van der Waals surface area contributed by atoms with Crippen LogP contribution in [0, 0.1) is 0 Å². The molecule has 0 aliphatic heterocycles. The van der Waals surface area contributed by atoms with Gasteiger partial charge in [-0.2, -0.15) is 0 Å². The first-order valence-electron chi connectivity index (χ1n) is 24.5. The molecule has 0 aromatic rings. The number of aliphatic hydroxyl groups excluding tert-OH is 1. The number of ether oxygens (including phenoxy) is 2. The Kier molecular flexibility index (Phi) is 45.9. The molecule has 0 fully saturated rings. The van der Waals surface area contributed by atoms with Crippen molar-refractivity contribution in [3.05, 3.63) is 36.5 Å². The van der Waals surface area contributed by atoms with Crippen LogP contribution in [-0.2, 0) is 19.1 Å². The second-order valence-corrected chi connectivity index (χ2v) is 16.5. The van der Waals surface area contributed by atoms with Crippen molar-refractivity contribution in [2.75, 3.05) is 13.2 Å². The number of hydrogen-bond acceptors (Lipinski definition) is 5. The fourth-order valence-corrected chi connectivity index (χ4v) is 7.17. The average Bonchev–Trinajstić information content (AvgIpc) is 3.20. The molecular formula is C51H94O5. The molecule has 328 valence electrons. The lowest BCUT2D eigenvalue weighted by Crippen LogP contribution is -2.28. The number of rotatable bonds is 45. The van der Waals surface area contributed by atoms with Crippen LogP contribution in [0.2, 0.25) is 0 Å². The lowest BCUT2D eigenvalue weighted by molar-refractivity contribution is -0.161. The molecule has 0 amide bonds. The fourth-order valence-electron chi connectivity index (χ4n) is 7.17. The number of carbonyl (C=O) groups is 2. The number of esters is 2. The third kappa shape index (κ3) is 44.8. The molecule has 0 heterocycles. The zero-order valence-corrected chi connectivity index (χ0v) is 37.4. The lowest BCUT2D eigenvalue weighted by atomic mass is 10.0. The minimum atomic E-state index is -0.777. The molecule has 0 saturated heterocycles. The third-order valence-electron chi connectivity index (χ3n) is 10.9. The van der Waals surface area contributed by atoms with Gasteiger partial charge in [-0.3, -0.25) is 9.59 Å². The van der Waals surface area contributed by atoms with E-state index >= 15 is 0 Å². The molecule has 5 nitrogen and oxygen atoms in total. The van der Waals surface area contributed by atoms with Crippen LogP contribution in [0.4, 0.5) is 0 Å². The summed E-state index contributed by atoms with van der Waals surface area (Å²) in [6.07, 6.45) is 59.5. The Morgan fingerprint density at radius 3 is 1.11 bits per heavy atom. The molecule has 5 heteroatoms. The number of aliphatic hydroxyl groups is 1. The maximum atomic E-state index is 12.2. The molecule has 0 aliphatic rings. The van der Waals surface area contributed by atoms with Crippen molar-refractivity contribution in [2.24, 2.45) is 0 Å². The Bertz CT molecular complexity index is 893. The Labute approximate surface area is 348 Å². The maximum Gasteiger partial charge on any atom is 0.306 e. The highest BCUT2D eigenvalue weighted by Crippen LogP contribution is 2.16. The number of unbranched alkanes of at least 4 members (excludes halogenated alkanes) is 31. The minimum Gasteiger partial charge on any atom is -0.462 e. The molecule has 1 atom stereocenters. The van der Waals surface area contributed by atoms with Crippen molar-refractivity contribution in [3.63, 3.8) is 0 Å². The molecule has 56 heavy (non-hydrogen) atoms. The van der Waals surface area contributed by atoms with Gasteiger partial charge in [0.25, 0.3) is 0 Å². The van der Waals surface area contributed by atoms with Crippen molar-refractivity contribution in [1.82, 2.24) is 0 Å². The van der Waals surface area contributed by atoms with Gasteiger partial charge < -0.3 is 14.6 Å². The molecule has 0 bridgehead atoms. The average molecular weight is 787 g/mol. The third-order valence-corrected chi connectivity index (χ3v) is 10.9. The van der Waals surface area contributed by atoms with Crippen LogP contribution in [0.25, 0.3) is 0 Å². The van der Waals surface area contributed by atoms with Gasteiger partial charge in [0.2, 0.25) is 0 Å². The van der Waals surface area contributed by atoms with Crippen molar-refractivity contribution >= 4 is 11.9 Å². The van der Waals surface area contributed by atoms with Gasteiger partial charge in [-0.15, -0.1) is 0 Å². The van der Waals surface area contributed by atoms with E-state index < -0.39 is 6.10 Å². The second-order valence-electron chi connectivity index (χ2n) is 16.5. The lowest BCUT2D eigenvalue weighted by Gasteiger charge is -2.15. The van der Waals surface area contributed by atoms with Crippen LogP contribution in [0.5, 0.6) is 0 Å². The van der Waals surface area contributed by atoms with E-state index in [0.717, 1.165) is 51.4 Å². The fraction of sp³-hybridized carbons (Fsp3) is 0.843. The van der Waals surface area contributed by atoms with E-state index in [-0.39, 0.29) is 25.2 Å². The summed E-state index contributed by atoms with van der Waals surface area (Å²) in [4.78, 5) is 24.4. The summed E-state index contributed by atoms with van der Waals surface area (Å²) >= 11 is 0. The van der Waals surface area contributed by atoms with Crippen molar-refractivity contribution < 1.29 is 24.2 Å². The van der Waals surface area contributed by atoms with Gasteiger partial charge in [-0.05, 0) is 70.6 Å². The zero-order chi connectivity index (χ0) is 40.7. The first-order chi connectivity index (χ1) is 27.6. The van der Waals surface area contributed by atoms with Gasteiger partial charge in [-0.1, -0.05) is 211 Å². The molecule has 0 radical (unpaired) electrons. The van der Waals surface area contributed by atoms with Gasteiger partial charge in [0.15, 0.2) is 6.10 Å². The monoisotopic (exact) mass is 787 g/mol. The highest BCUT2D eigenvalue weighted by atomic mass is 16.6. The van der Waals surface area contributed by atoms with E-state index in [0.29, 0.717) is 12.8 Å². The smallest absolute Gasteiger partial charge is 0.306 e.